The molecule has 0 radical (unpaired) electrons. The van der Waals surface area contributed by atoms with E-state index in [-0.39, 0.29) is 24.9 Å². The highest BCUT2D eigenvalue weighted by atomic mass is 16.5. The van der Waals surface area contributed by atoms with Crippen molar-refractivity contribution < 1.29 is 14.3 Å². The van der Waals surface area contributed by atoms with E-state index >= 15 is 0 Å². The van der Waals surface area contributed by atoms with Gasteiger partial charge in [0.15, 0.2) is 0 Å². The zero-order valence-electron chi connectivity index (χ0n) is 10.2. The van der Waals surface area contributed by atoms with Gasteiger partial charge in [-0.25, -0.2) is 0 Å². The van der Waals surface area contributed by atoms with Crippen LogP contribution in [0, 0.1) is 0 Å². The van der Waals surface area contributed by atoms with Crippen LogP contribution in [0.5, 0.6) is 0 Å². The zero-order chi connectivity index (χ0) is 12.4. The molecule has 94 valence electrons. The Morgan fingerprint density at radius 3 is 2.50 bits per heavy atom. The van der Waals surface area contributed by atoms with E-state index in [0.29, 0.717) is 13.2 Å². The van der Waals surface area contributed by atoms with Crippen LogP contribution in [0.3, 0.4) is 0 Å². The predicted octanol–water partition coefficient (Wildman–Crippen LogP) is -1.18. The molecule has 6 nitrogen and oxygen atoms in total. The third-order valence-electron chi connectivity index (χ3n) is 1.91. The molecule has 16 heavy (non-hydrogen) atoms. The lowest BCUT2D eigenvalue weighted by atomic mass is 10.4. The van der Waals surface area contributed by atoms with Crippen molar-refractivity contribution in [2.24, 2.45) is 0 Å². The minimum Gasteiger partial charge on any atom is -0.385 e. The maximum atomic E-state index is 11.2. The second kappa shape index (κ2) is 9.11. The van der Waals surface area contributed by atoms with E-state index in [9.17, 15) is 9.59 Å². The molecule has 0 rings (SSSR count). The normalized spacial score (nSPS) is 9.94. The van der Waals surface area contributed by atoms with Crippen molar-refractivity contribution in [3.8, 4) is 0 Å². The van der Waals surface area contributed by atoms with Gasteiger partial charge in [-0.3, -0.25) is 14.9 Å². The standard InChI is InChI=1S/C10H21N3O3/c1-13(2)10(15)8-11-7-9(14)12-5-4-6-16-3/h11H,4-8H2,1-3H3,(H,12,14). The molecule has 0 aliphatic heterocycles. The topological polar surface area (TPSA) is 70.7 Å². The molecule has 0 spiro atoms. The summed E-state index contributed by atoms with van der Waals surface area (Å²) in [5, 5.41) is 5.49. The SMILES string of the molecule is COCCCNC(=O)CNCC(=O)N(C)C. The molecule has 0 aromatic rings. The number of hydrogen-bond donors (Lipinski definition) is 2. The monoisotopic (exact) mass is 231 g/mol. The second-order valence-electron chi connectivity index (χ2n) is 3.59. The number of likely N-dealkylation sites (N-methyl/N-ethyl adjacent to an activating group) is 1. The van der Waals surface area contributed by atoms with Gasteiger partial charge in [-0.1, -0.05) is 0 Å². The maximum absolute atomic E-state index is 11.2. The first kappa shape index (κ1) is 14.9. The highest BCUT2D eigenvalue weighted by Gasteiger charge is 2.04. The summed E-state index contributed by atoms with van der Waals surface area (Å²) in [4.78, 5) is 23.8. The summed E-state index contributed by atoms with van der Waals surface area (Å²) < 4.78 is 4.85. The number of methoxy groups -OCH3 is 1. The highest BCUT2D eigenvalue weighted by molar-refractivity contribution is 5.80. The maximum Gasteiger partial charge on any atom is 0.236 e. The van der Waals surface area contributed by atoms with Crippen LogP contribution in [-0.2, 0) is 14.3 Å². The van der Waals surface area contributed by atoms with Crippen molar-refractivity contribution in [2.75, 3.05) is 47.4 Å². The van der Waals surface area contributed by atoms with Crippen molar-refractivity contribution in [2.45, 2.75) is 6.42 Å². The van der Waals surface area contributed by atoms with E-state index in [1.165, 1.54) is 4.90 Å². The molecule has 2 N–H and O–H groups in total. The fourth-order valence-electron chi connectivity index (χ4n) is 0.948. The van der Waals surface area contributed by atoms with Crippen molar-refractivity contribution in [3.05, 3.63) is 0 Å². The van der Waals surface area contributed by atoms with Crippen molar-refractivity contribution >= 4 is 11.8 Å². The van der Waals surface area contributed by atoms with Gasteiger partial charge in [-0.15, -0.1) is 0 Å². The lowest BCUT2D eigenvalue weighted by Gasteiger charge is -2.10. The minimum absolute atomic E-state index is 0.0489. The number of amides is 2. The summed E-state index contributed by atoms with van der Waals surface area (Å²) in [5.41, 5.74) is 0. The van der Waals surface area contributed by atoms with Crippen LogP contribution in [0.2, 0.25) is 0 Å². The fourth-order valence-corrected chi connectivity index (χ4v) is 0.948. The van der Waals surface area contributed by atoms with Gasteiger partial charge in [0.25, 0.3) is 0 Å². The van der Waals surface area contributed by atoms with Gasteiger partial charge in [-0.2, -0.15) is 0 Å². The van der Waals surface area contributed by atoms with Crippen LogP contribution >= 0.6 is 0 Å². The summed E-state index contributed by atoms with van der Waals surface area (Å²) in [7, 11) is 4.97. The number of ether oxygens (including phenoxy) is 1. The first-order chi connectivity index (χ1) is 7.57. The Hall–Kier alpha value is -1.14. The highest BCUT2D eigenvalue weighted by Crippen LogP contribution is 1.78. The van der Waals surface area contributed by atoms with Gasteiger partial charge in [0, 0.05) is 34.4 Å². The summed E-state index contributed by atoms with van der Waals surface area (Å²) in [6.45, 7) is 1.56. The van der Waals surface area contributed by atoms with Crippen LogP contribution in [0.15, 0.2) is 0 Å². The Balaban J connectivity index is 3.40. The molecule has 0 aromatic heterocycles. The zero-order valence-corrected chi connectivity index (χ0v) is 10.2. The first-order valence-corrected chi connectivity index (χ1v) is 5.24. The molecular weight excluding hydrogens is 210 g/mol. The first-order valence-electron chi connectivity index (χ1n) is 5.24. The molecule has 0 aliphatic rings. The quantitative estimate of drug-likeness (QED) is 0.516. The molecule has 6 heteroatoms. The molecular formula is C10H21N3O3. The molecule has 0 bridgehead atoms. The van der Waals surface area contributed by atoms with Crippen LogP contribution in [0.4, 0.5) is 0 Å². The number of hydrogen-bond acceptors (Lipinski definition) is 4. The Morgan fingerprint density at radius 1 is 1.25 bits per heavy atom. The average Bonchev–Trinajstić information content (AvgIpc) is 2.24. The number of nitrogens with one attached hydrogen (secondary N) is 2. The summed E-state index contributed by atoms with van der Waals surface area (Å²) in [5.74, 6) is -0.158. The molecule has 0 saturated heterocycles. The average molecular weight is 231 g/mol. The van der Waals surface area contributed by atoms with E-state index in [1.807, 2.05) is 0 Å². The van der Waals surface area contributed by atoms with Gasteiger partial charge in [0.05, 0.1) is 13.1 Å². The largest absolute Gasteiger partial charge is 0.385 e. The summed E-state index contributed by atoms with van der Waals surface area (Å²) in [6, 6.07) is 0. The lowest BCUT2D eigenvalue weighted by Crippen LogP contribution is -2.39. The fraction of sp³-hybridized carbons (Fsp3) is 0.800. The van der Waals surface area contributed by atoms with Crippen molar-refractivity contribution in [1.82, 2.24) is 15.5 Å². The molecule has 2 amide bonds. The van der Waals surface area contributed by atoms with Crippen LogP contribution < -0.4 is 10.6 Å². The molecule has 0 unspecified atom stereocenters. The smallest absolute Gasteiger partial charge is 0.236 e. The molecule has 0 fully saturated rings. The molecule has 0 aromatic carbocycles. The van der Waals surface area contributed by atoms with Gasteiger partial charge >= 0.3 is 0 Å². The third kappa shape index (κ3) is 8.19. The predicted molar refractivity (Wildman–Crippen MR) is 61.1 cm³/mol. The number of rotatable bonds is 8. The van der Waals surface area contributed by atoms with Gasteiger partial charge in [-0.05, 0) is 6.42 Å². The lowest BCUT2D eigenvalue weighted by molar-refractivity contribution is -0.127. The summed E-state index contributed by atoms with van der Waals surface area (Å²) in [6.07, 6.45) is 0.791. The summed E-state index contributed by atoms with van der Waals surface area (Å²) >= 11 is 0. The van der Waals surface area contributed by atoms with Crippen LogP contribution in [0.25, 0.3) is 0 Å². The van der Waals surface area contributed by atoms with E-state index in [2.05, 4.69) is 10.6 Å². The van der Waals surface area contributed by atoms with E-state index < -0.39 is 0 Å². The second-order valence-corrected chi connectivity index (χ2v) is 3.59. The van der Waals surface area contributed by atoms with E-state index in [1.54, 1.807) is 21.2 Å². The van der Waals surface area contributed by atoms with Gasteiger partial charge in [0.1, 0.15) is 0 Å². The molecule has 0 atom stereocenters. The van der Waals surface area contributed by atoms with Crippen LogP contribution in [0.1, 0.15) is 6.42 Å². The molecule has 0 saturated carbocycles. The Morgan fingerprint density at radius 2 is 1.94 bits per heavy atom. The molecule has 0 heterocycles. The van der Waals surface area contributed by atoms with Crippen LogP contribution in [-0.4, -0.2) is 64.2 Å². The minimum atomic E-state index is -0.109. The van der Waals surface area contributed by atoms with Crippen molar-refractivity contribution in [1.29, 1.82) is 0 Å². The Kier molecular flexibility index (Phi) is 8.46. The number of carbonyl (C=O) groups is 2. The third-order valence-corrected chi connectivity index (χ3v) is 1.91. The van der Waals surface area contributed by atoms with E-state index in [0.717, 1.165) is 6.42 Å². The number of nitrogens with zero attached hydrogens (tertiary/aromatic N) is 1. The number of carbonyl (C=O) groups excluding carboxylic acids is 2. The molecule has 0 aliphatic carbocycles. The Bertz CT molecular complexity index is 219. The van der Waals surface area contributed by atoms with Gasteiger partial charge in [0.2, 0.25) is 11.8 Å². The van der Waals surface area contributed by atoms with Gasteiger partial charge < -0.3 is 15.0 Å². The Labute approximate surface area is 96.3 Å². The van der Waals surface area contributed by atoms with E-state index in [4.69, 9.17) is 4.74 Å². The van der Waals surface area contributed by atoms with Crippen molar-refractivity contribution in [3.63, 3.8) is 0 Å².